The molecule has 1 aliphatic heterocycles. The molecule has 0 aliphatic carbocycles. The number of carboxylic acid groups (broad SMARTS) is 1. The zero-order valence-corrected chi connectivity index (χ0v) is 19.4. The third kappa shape index (κ3) is 10.4. The molecule has 0 bridgehead atoms. The van der Waals surface area contributed by atoms with Gasteiger partial charge in [-0.25, -0.2) is 4.79 Å². The lowest BCUT2D eigenvalue weighted by Gasteiger charge is -2.37. The molecule has 0 aromatic rings. The number of unbranched alkanes of at least 4 members (excludes halogenated alkanes) is 7. The molecule has 0 spiro atoms. The number of carbonyl (C=O) groups is 3. The number of Topliss-reactive ketones (excluding diaryl/α,β-unsaturated/α-hetero) is 1. The van der Waals surface area contributed by atoms with E-state index < -0.39 is 29.6 Å². The van der Waals surface area contributed by atoms with Crippen LogP contribution in [0.1, 0.15) is 91.9 Å². The second kappa shape index (κ2) is 13.6. The van der Waals surface area contributed by atoms with Crippen LogP contribution in [0.5, 0.6) is 0 Å². The maximum absolute atomic E-state index is 13.2. The summed E-state index contributed by atoms with van der Waals surface area (Å²) >= 11 is 0. The fourth-order valence-electron chi connectivity index (χ4n) is 3.85. The van der Waals surface area contributed by atoms with Crippen molar-refractivity contribution in [3.8, 4) is 0 Å². The van der Waals surface area contributed by atoms with Crippen LogP contribution in [0.25, 0.3) is 0 Å². The van der Waals surface area contributed by atoms with Crippen molar-refractivity contribution in [2.45, 2.75) is 104 Å². The van der Waals surface area contributed by atoms with Crippen LogP contribution in [0.4, 0.5) is 4.79 Å². The zero-order chi connectivity index (χ0) is 22.6. The minimum atomic E-state index is -0.972. The maximum atomic E-state index is 13.2. The van der Waals surface area contributed by atoms with E-state index in [1.54, 1.807) is 20.8 Å². The van der Waals surface area contributed by atoms with E-state index in [0.717, 1.165) is 19.3 Å². The minimum absolute atomic E-state index is 0.168. The highest BCUT2D eigenvalue weighted by atomic mass is 16.6. The Kier molecular flexibility index (Phi) is 12.0. The van der Waals surface area contributed by atoms with E-state index in [4.69, 9.17) is 4.74 Å². The SMILES string of the molecule is CCCCCCCCCC[C@H](CC(=O)O)C(=O)[C@@H]1CNCCN1C(=O)OC(C)(C)C. The van der Waals surface area contributed by atoms with E-state index in [1.165, 1.54) is 37.0 Å². The van der Waals surface area contributed by atoms with Crippen molar-refractivity contribution >= 4 is 17.8 Å². The topological polar surface area (TPSA) is 95.9 Å². The molecule has 1 heterocycles. The van der Waals surface area contributed by atoms with Gasteiger partial charge in [0.15, 0.2) is 5.78 Å². The molecule has 7 nitrogen and oxygen atoms in total. The molecular weight excluding hydrogens is 384 g/mol. The number of hydrogen-bond acceptors (Lipinski definition) is 5. The number of ether oxygens (including phenoxy) is 1. The Morgan fingerprint density at radius 3 is 2.23 bits per heavy atom. The first kappa shape index (κ1) is 26.4. The van der Waals surface area contributed by atoms with Crippen molar-refractivity contribution in [3.63, 3.8) is 0 Å². The van der Waals surface area contributed by atoms with Crippen molar-refractivity contribution in [3.05, 3.63) is 0 Å². The Hall–Kier alpha value is -1.63. The molecule has 1 amide bonds. The monoisotopic (exact) mass is 426 g/mol. The molecule has 1 fully saturated rings. The van der Waals surface area contributed by atoms with E-state index in [2.05, 4.69) is 12.2 Å². The largest absolute Gasteiger partial charge is 0.481 e. The minimum Gasteiger partial charge on any atom is -0.481 e. The molecule has 1 rings (SSSR count). The molecule has 0 aromatic carbocycles. The van der Waals surface area contributed by atoms with Gasteiger partial charge in [-0.05, 0) is 27.2 Å². The Labute approximate surface area is 181 Å². The number of amides is 1. The third-order valence-electron chi connectivity index (χ3n) is 5.43. The van der Waals surface area contributed by atoms with Gasteiger partial charge < -0.3 is 15.2 Å². The van der Waals surface area contributed by atoms with Gasteiger partial charge >= 0.3 is 12.1 Å². The number of hydrogen-bond donors (Lipinski definition) is 2. The number of aliphatic carboxylic acids is 1. The molecule has 1 saturated heterocycles. The summed E-state index contributed by atoms with van der Waals surface area (Å²) in [6.45, 7) is 8.88. The molecule has 174 valence electrons. The molecule has 7 heteroatoms. The second-order valence-electron chi connectivity index (χ2n) is 9.35. The molecule has 2 atom stereocenters. The summed E-state index contributed by atoms with van der Waals surface area (Å²) in [4.78, 5) is 38.6. The van der Waals surface area contributed by atoms with Gasteiger partial charge in [-0.2, -0.15) is 0 Å². The molecule has 2 N–H and O–H groups in total. The summed E-state index contributed by atoms with van der Waals surface area (Å²) in [7, 11) is 0. The van der Waals surface area contributed by atoms with E-state index in [0.29, 0.717) is 26.1 Å². The van der Waals surface area contributed by atoms with Gasteiger partial charge in [0.25, 0.3) is 0 Å². The summed E-state index contributed by atoms with van der Waals surface area (Å²) in [6.07, 6.45) is 9.03. The zero-order valence-electron chi connectivity index (χ0n) is 19.4. The molecule has 30 heavy (non-hydrogen) atoms. The maximum Gasteiger partial charge on any atom is 0.410 e. The summed E-state index contributed by atoms with van der Waals surface area (Å²) in [6, 6.07) is -0.674. The third-order valence-corrected chi connectivity index (χ3v) is 5.43. The van der Waals surface area contributed by atoms with Crippen molar-refractivity contribution in [2.24, 2.45) is 5.92 Å². The van der Waals surface area contributed by atoms with Crippen molar-refractivity contribution in [2.75, 3.05) is 19.6 Å². The van der Waals surface area contributed by atoms with Gasteiger partial charge in [0.05, 0.1) is 6.42 Å². The first-order chi connectivity index (χ1) is 14.2. The smallest absolute Gasteiger partial charge is 0.410 e. The van der Waals surface area contributed by atoms with Crippen LogP contribution in [-0.2, 0) is 14.3 Å². The van der Waals surface area contributed by atoms with Crippen LogP contribution in [0.15, 0.2) is 0 Å². The fraction of sp³-hybridized carbons (Fsp3) is 0.870. The Balaban J connectivity index is 2.63. The normalized spacial score (nSPS) is 18.1. The summed E-state index contributed by atoms with van der Waals surface area (Å²) < 4.78 is 5.46. The lowest BCUT2D eigenvalue weighted by Crippen LogP contribution is -2.59. The predicted molar refractivity (Wildman–Crippen MR) is 118 cm³/mol. The van der Waals surface area contributed by atoms with Crippen LogP contribution in [0, 0.1) is 5.92 Å². The molecule has 0 unspecified atom stereocenters. The van der Waals surface area contributed by atoms with E-state index in [9.17, 15) is 19.5 Å². The fourth-order valence-corrected chi connectivity index (χ4v) is 3.85. The van der Waals surface area contributed by atoms with Gasteiger partial charge in [0.2, 0.25) is 0 Å². The number of rotatable bonds is 13. The number of piperazine rings is 1. The van der Waals surface area contributed by atoms with Crippen molar-refractivity contribution < 1.29 is 24.2 Å². The van der Waals surface area contributed by atoms with Crippen LogP contribution in [-0.4, -0.2) is 59.1 Å². The van der Waals surface area contributed by atoms with E-state index in [1.807, 2.05) is 0 Å². The number of carboxylic acids is 1. The predicted octanol–water partition coefficient (Wildman–Crippen LogP) is 4.39. The number of carbonyl (C=O) groups excluding carboxylic acids is 2. The first-order valence-electron chi connectivity index (χ1n) is 11.6. The standard InChI is InChI=1S/C23H42N2O5/c1-5-6-7-8-9-10-11-12-13-18(16-20(26)27)21(28)19-17-24-14-15-25(19)22(29)30-23(2,3)4/h18-19,24H,5-17H2,1-4H3,(H,26,27)/t18-,19+/m1/s1. The summed E-state index contributed by atoms with van der Waals surface area (Å²) in [5.41, 5.74) is -0.646. The highest BCUT2D eigenvalue weighted by molar-refractivity contribution is 5.91. The number of ketones is 1. The molecule has 0 radical (unpaired) electrons. The lowest BCUT2D eigenvalue weighted by atomic mass is 9.88. The van der Waals surface area contributed by atoms with E-state index in [-0.39, 0.29) is 12.2 Å². The first-order valence-corrected chi connectivity index (χ1v) is 11.6. The highest BCUT2D eigenvalue weighted by Crippen LogP contribution is 2.22. The Bertz CT molecular complexity index is 544. The number of nitrogens with one attached hydrogen (secondary N) is 1. The lowest BCUT2D eigenvalue weighted by molar-refractivity contribution is -0.142. The van der Waals surface area contributed by atoms with Gasteiger partial charge in [0, 0.05) is 25.6 Å². The van der Waals surface area contributed by atoms with Crippen LogP contribution < -0.4 is 5.32 Å². The van der Waals surface area contributed by atoms with Gasteiger partial charge in [-0.3, -0.25) is 14.5 Å². The summed E-state index contributed by atoms with van der Waals surface area (Å²) in [5, 5.41) is 12.5. The molecule has 0 aromatic heterocycles. The Morgan fingerprint density at radius 2 is 1.67 bits per heavy atom. The van der Waals surface area contributed by atoms with E-state index >= 15 is 0 Å². The quantitative estimate of drug-likeness (QED) is 0.424. The van der Waals surface area contributed by atoms with Gasteiger partial charge in [-0.1, -0.05) is 58.3 Å². The van der Waals surface area contributed by atoms with Gasteiger partial charge in [-0.15, -0.1) is 0 Å². The molecule has 0 saturated carbocycles. The highest BCUT2D eigenvalue weighted by Gasteiger charge is 2.38. The van der Waals surface area contributed by atoms with Crippen LogP contribution in [0.2, 0.25) is 0 Å². The second-order valence-corrected chi connectivity index (χ2v) is 9.35. The van der Waals surface area contributed by atoms with Crippen molar-refractivity contribution in [1.29, 1.82) is 0 Å². The van der Waals surface area contributed by atoms with Crippen LogP contribution in [0.3, 0.4) is 0 Å². The average molecular weight is 427 g/mol. The molecular formula is C23H42N2O5. The Morgan fingerprint density at radius 1 is 1.07 bits per heavy atom. The molecule has 1 aliphatic rings. The van der Waals surface area contributed by atoms with Gasteiger partial charge in [0.1, 0.15) is 11.6 Å². The van der Waals surface area contributed by atoms with Crippen molar-refractivity contribution in [1.82, 2.24) is 10.2 Å². The average Bonchev–Trinajstić information content (AvgIpc) is 2.67. The number of nitrogens with zero attached hydrogens (tertiary/aromatic N) is 1. The van der Waals surface area contributed by atoms with Crippen LogP contribution >= 0.6 is 0 Å². The summed E-state index contributed by atoms with van der Waals surface area (Å²) in [5.74, 6) is -1.71.